The molecule has 0 aromatic heterocycles. The molecule has 2 N–H and O–H groups in total. The summed E-state index contributed by atoms with van der Waals surface area (Å²) in [6, 6.07) is 0. The van der Waals surface area contributed by atoms with Crippen LogP contribution in [0.1, 0.15) is 20.3 Å². The average Bonchev–Trinajstić information content (AvgIpc) is 1.83. The molecule has 0 spiro atoms. The van der Waals surface area contributed by atoms with Gasteiger partial charge in [-0.2, -0.15) is 0 Å². The number of nitrogens with zero attached hydrogens (tertiary/aromatic N) is 1. The molecule has 0 saturated heterocycles. The highest BCUT2D eigenvalue weighted by atomic mass is 16.3. The molecule has 3 heteroatoms. The molecule has 11 heavy (non-hydrogen) atoms. The molecule has 0 heterocycles. The average molecular weight is 161 g/mol. The van der Waals surface area contributed by atoms with Gasteiger partial charge in [-0.05, 0) is 27.3 Å². The van der Waals surface area contributed by atoms with E-state index in [0.717, 1.165) is 13.0 Å². The summed E-state index contributed by atoms with van der Waals surface area (Å²) in [5.41, 5.74) is -0.594. The van der Waals surface area contributed by atoms with Crippen LogP contribution in [-0.4, -0.2) is 47.5 Å². The summed E-state index contributed by atoms with van der Waals surface area (Å²) >= 11 is 0. The van der Waals surface area contributed by atoms with Gasteiger partial charge in [0.1, 0.15) is 0 Å². The molecule has 3 nitrogen and oxygen atoms in total. The van der Waals surface area contributed by atoms with E-state index in [1.54, 1.807) is 13.8 Å². The molecule has 0 radical (unpaired) electrons. The molecule has 68 valence electrons. The Labute approximate surface area is 68.6 Å². The first-order valence-electron chi connectivity index (χ1n) is 3.97. The van der Waals surface area contributed by atoms with Crippen molar-refractivity contribution in [1.29, 1.82) is 0 Å². The van der Waals surface area contributed by atoms with Gasteiger partial charge in [0.2, 0.25) is 0 Å². The van der Waals surface area contributed by atoms with Crippen molar-refractivity contribution in [2.75, 3.05) is 26.7 Å². The Bertz CT molecular complexity index is 98.8. The summed E-state index contributed by atoms with van der Waals surface area (Å²) in [5.74, 6) is 0. The number of aliphatic hydroxyl groups excluding tert-OH is 1. The van der Waals surface area contributed by atoms with Crippen LogP contribution in [-0.2, 0) is 0 Å². The first-order chi connectivity index (χ1) is 4.95. The van der Waals surface area contributed by atoms with E-state index in [0.29, 0.717) is 6.54 Å². The highest BCUT2D eigenvalue weighted by Gasteiger charge is 2.12. The Morgan fingerprint density at radius 1 is 1.27 bits per heavy atom. The van der Waals surface area contributed by atoms with Crippen LogP contribution in [0.5, 0.6) is 0 Å². The molecule has 0 atom stereocenters. The van der Waals surface area contributed by atoms with Crippen molar-refractivity contribution in [1.82, 2.24) is 4.90 Å². The van der Waals surface area contributed by atoms with Crippen LogP contribution in [0, 0.1) is 0 Å². The maximum atomic E-state index is 9.35. The van der Waals surface area contributed by atoms with E-state index >= 15 is 0 Å². The Kier molecular flexibility index (Phi) is 4.65. The molecular formula is C8H19NO2. The molecule has 0 saturated carbocycles. The number of aliphatic hydroxyl groups is 2. The Hall–Kier alpha value is -0.120. The fourth-order valence-electron chi connectivity index (χ4n) is 0.747. The van der Waals surface area contributed by atoms with Crippen molar-refractivity contribution in [3.8, 4) is 0 Å². The lowest BCUT2D eigenvalue weighted by atomic mass is 10.1. The van der Waals surface area contributed by atoms with E-state index in [4.69, 9.17) is 5.11 Å². The third-order valence-electron chi connectivity index (χ3n) is 1.59. The van der Waals surface area contributed by atoms with Gasteiger partial charge in [-0.1, -0.05) is 0 Å². The van der Waals surface area contributed by atoms with Gasteiger partial charge < -0.3 is 15.1 Å². The highest BCUT2D eigenvalue weighted by molar-refractivity contribution is 4.66. The van der Waals surface area contributed by atoms with Crippen LogP contribution in [0.15, 0.2) is 0 Å². The normalized spacial score (nSPS) is 12.5. The zero-order valence-corrected chi connectivity index (χ0v) is 7.67. The van der Waals surface area contributed by atoms with Crippen LogP contribution >= 0.6 is 0 Å². The smallest absolute Gasteiger partial charge is 0.0603 e. The predicted octanol–water partition coefficient (Wildman–Crippen LogP) is 0.0715. The SMILES string of the molecule is CN(CCO)CCC(C)(C)O. The largest absolute Gasteiger partial charge is 0.395 e. The minimum absolute atomic E-state index is 0.183. The number of rotatable bonds is 5. The highest BCUT2D eigenvalue weighted by Crippen LogP contribution is 2.06. The fraction of sp³-hybridized carbons (Fsp3) is 1.00. The maximum absolute atomic E-state index is 9.35. The molecule has 0 rings (SSSR count). The van der Waals surface area contributed by atoms with Crippen molar-refractivity contribution < 1.29 is 10.2 Å². The minimum atomic E-state index is -0.594. The number of likely N-dealkylation sites (N-methyl/N-ethyl adjacent to an activating group) is 1. The van der Waals surface area contributed by atoms with Crippen LogP contribution in [0.4, 0.5) is 0 Å². The van der Waals surface area contributed by atoms with Crippen molar-refractivity contribution >= 4 is 0 Å². The van der Waals surface area contributed by atoms with Gasteiger partial charge >= 0.3 is 0 Å². The van der Waals surface area contributed by atoms with Gasteiger partial charge in [0.05, 0.1) is 12.2 Å². The summed E-state index contributed by atoms with van der Waals surface area (Å²) in [5, 5.41) is 17.9. The molecule has 0 aliphatic heterocycles. The molecule has 0 aromatic carbocycles. The second-order valence-corrected chi connectivity index (χ2v) is 3.59. The monoisotopic (exact) mass is 161 g/mol. The summed E-state index contributed by atoms with van der Waals surface area (Å²) in [4.78, 5) is 2.00. The first-order valence-corrected chi connectivity index (χ1v) is 3.97. The summed E-state index contributed by atoms with van der Waals surface area (Å²) in [6.07, 6.45) is 0.740. The topological polar surface area (TPSA) is 43.7 Å². The Morgan fingerprint density at radius 2 is 1.82 bits per heavy atom. The molecular weight excluding hydrogens is 142 g/mol. The number of hydrogen-bond acceptors (Lipinski definition) is 3. The molecule has 0 amide bonds. The van der Waals surface area contributed by atoms with E-state index < -0.39 is 5.60 Å². The molecule has 0 aliphatic rings. The molecule has 0 aromatic rings. The summed E-state index contributed by atoms with van der Waals surface area (Å²) < 4.78 is 0. The number of hydrogen-bond donors (Lipinski definition) is 2. The fourth-order valence-corrected chi connectivity index (χ4v) is 0.747. The van der Waals surface area contributed by atoms with Gasteiger partial charge in [-0.3, -0.25) is 0 Å². The van der Waals surface area contributed by atoms with Gasteiger partial charge in [-0.25, -0.2) is 0 Å². The predicted molar refractivity (Wildman–Crippen MR) is 45.5 cm³/mol. The van der Waals surface area contributed by atoms with Crippen LogP contribution in [0.2, 0.25) is 0 Å². The second kappa shape index (κ2) is 4.70. The van der Waals surface area contributed by atoms with Crippen LogP contribution in [0.25, 0.3) is 0 Å². The Balaban J connectivity index is 3.38. The Morgan fingerprint density at radius 3 is 2.18 bits per heavy atom. The zero-order valence-electron chi connectivity index (χ0n) is 7.67. The lowest BCUT2D eigenvalue weighted by Crippen LogP contribution is -2.30. The standard InChI is InChI=1S/C8H19NO2/c1-8(2,11)4-5-9(3)6-7-10/h10-11H,4-7H2,1-3H3. The van der Waals surface area contributed by atoms with E-state index in [-0.39, 0.29) is 6.61 Å². The van der Waals surface area contributed by atoms with Crippen molar-refractivity contribution in [3.63, 3.8) is 0 Å². The zero-order chi connectivity index (χ0) is 8.91. The van der Waals surface area contributed by atoms with Crippen LogP contribution < -0.4 is 0 Å². The lowest BCUT2D eigenvalue weighted by molar-refractivity contribution is 0.0587. The molecule has 0 aliphatic carbocycles. The van der Waals surface area contributed by atoms with Gasteiger partial charge in [0.15, 0.2) is 0 Å². The summed E-state index contributed by atoms with van der Waals surface area (Å²) in [7, 11) is 1.93. The van der Waals surface area contributed by atoms with Crippen molar-refractivity contribution in [2.24, 2.45) is 0 Å². The minimum Gasteiger partial charge on any atom is -0.395 e. The van der Waals surface area contributed by atoms with Gasteiger partial charge in [-0.15, -0.1) is 0 Å². The van der Waals surface area contributed by atoms with Crippen molar-refractivity contribution in [3.05, 3.63) is 0 Å². The molecule has 0 fully saturated rings. The van der Waals surface area contributed by atoms with E-state index in [1.807, 2.05) is 11.9 Å². The third kappa shape index (κ3) is 7.78. The van der Waals surface area contributed by atoms with E-state index in [2.05, 4.69) is 0 Å². The molecule has 0 bridgehead atoms. The molecule has 0 unspecified atom stereocenters. The van der Waals surface area contributed by atoms with Crippen molar-refractivity contribution in [2.45, 2.75) is 25.9 Å². The van der Waals surface area contributed by atoms with Gasteiger partial charge in [0, 0.05) is 13.1 Å². The maximum Gasteiger partial charge on any atom is 0.0603 e. The first kappa shape index (κ1) is 10.9. The summed E-state index contributed by atoms with van der Waals surface area (Å²) in [6.45, 7) is 5.27. The third-order valence-corrected chi connectivity index (χ3v) is 1.59. The van der Waals surface area contributed by atoms with Gasteiger partial charge in [0.25, 0.3) is 0 Å². The van der Waals surface area contributed by atoms with E-state index in [9.17, 15) is 5.11 Å². The quantitative estimate of drug-likeness (QED) is 0.600. The second-order valence-electron chi connectivity index (χ2n) is 3.59. The van der Waals surface area contributed by atoms with Crippen LogP contribution in [0.3, 0.4) is 0 Å². The van der Waals surface area contributed by atoms with E-state index in [1.165, 1.54) is 0 Å². The lowest BCUT2D eigenvalue weighted by Gasteiger charge is -2.21.